The molecule has 0 amide bonds. The van der Waals surface area contributed by atoms with Gasteiger partial charge in [0.15, 0.2) is 11.6 Å². The minimum atomic E-state index is -0.319. The fourth-order valence-corrected chi connectivity index (χ4v) is 3.29. The third-order valence-electron chi connectivity index (χ3n) is 4.78. The van der Waals surface area contributed by atoms with Crippen molar-refractivity contribution in [2.75, 3.05) is 13.1 Å². The van der Waals surface area contributed by atoms with Crippen LogP contribution in [-0.4, -0.2) is 33.9 Å². The second-order valence-corrected chi connectivity index (χ2v) is 6.77. The molecule has 0 radical (unpaired) electrons. The Morgan fingerprint density at radius 2 is 2.04 bits per heavy atom. The largest absolute Gasteiger partial charge is 0.339 e. The molecule has 1 aromatic heterocycles. The summed E-state index contributed by atoms with van der Waals surface area (Å²) in [6.45, 7) is 2.23. The number of benzene rings is 1. The van der Waals surface area contributed by atoms with Crippen LogP contribution in [0.15, 0.2) is 28.8 Å². The summed E-state index contributed by atoms with van der Waals surface area (Å²) in [4.78, 5) is 19.3. The van der Waals surface area contributed by atoms with Crippen LogP contribution in [0.1, 0.15) is 53.7 Å². The van der Waals surface area contributed by atoms with E-state index >= 15 is 0 Å². The zero-order chi connectivity index (χ0) is 16.5. The lowest BCUT2D eigenvalue weighted by molar-refractivity contribution is 0.0807. The van der Waals surface area contributed by atoms with E-state index in [4.69, 9.17) is 4.52 Å². The highest BCUT2D eigenvalue weighted by molar-refractivity contribution is 5.98. The molecule has 2 heterocycles. The van der Waals surface area contributed by atoms with Crippen LogP contribution in [0.2, 0.25) is 0 Å². The number of hydrogen-bond donors (Lipinski definition) is 0. The number of piperidine rings is 1. The molecule has 1 atom stereocenters. The average Bonchev–Trinajstić information content (AvgIpc) is 3.35. The normalized spacial score (nSPS) is 21.8. The Kier molecular flexibility index (Phi) is 4.14. The Hall–Kier alpha value is -2.08. The van der Waals surface area contributed by atoms with Gasteiger partial charge < -0.3 is 4.52 Å². The smallest absolute Gasteiger partial charge is 0.229 e. The standard InChI is InChI=1S/C18H20FN3O2/c19-15-7-5-12(6-8-15)17(23)14-2-1-9-22(10-14)11-16-20-18(24-21-16)13-3-4-13/h5-8,13-14H,1-4,9-11H2/t14-/m0/s1. The van der Waals surface area contributed by atoms with E-state index in [0.717, 1.165) is 38.1 Å². The topological polar surface area (TPSA) is 59.2 Å². The van der Waals surface area contributed by atoms with Crippen LogP contribution in [-0.2, 0) is 6.54 Å². The van der Waals surface area contributed by atoms with Crippen molar-refractivity contribution < 1.29 is 13.7 Å². The predicted molar refractivity (Wildman–Crippen MR) is 85.0 cm³/mol. The minimum absolute atomic E-state index is 0.0565. The molecule has 0 unspecified atom stereocenters. The molecule has 1 aliphatic heterocycles. The molecule has 126 valence electrons. The molecule has 6 heteroatoms. The Bertz CT molecular complexity index is 724. The van der Waals surface area contributed by atoms with Gasteiger partial charge in [0.2, 0.25) is 5.89 Å². The Labute approximate surface area is 139 Å². The number of carbonyl (C=O) groups is 1. The van der Waals surface area contributed by atoms with Gasteiger partial charge in [-0.1, -0.05) is 5.16 Å². The highest BCUT2D eigenvalue weighted by atomic mass is 19.1. The molecular formula is C18H20FN3O2. The quantitative estimate of drug-likeness (QED) is 0.789. The number of aromatic nitrogens is 2. The molecule has 1 aliphatic carbocycles. The predicted octanol–water partition coefficient (Wildman–Crippen LogP) is 3.18. The second-order valence-electron chi connectivity index (χ2n) is 6.77. The van der Waals surface area contributed by atoms with Crippen molar-refractivity contribution in [1.82, 2.24) is 15.0 Å². The summed E-state index contributed by atoms with van der Waals surface area (Å²) in [5, 5.41) is 4.05. The first-order chi connectivity index (χ1) is 11.7. The molecule has 0 bridgehead atoms. The molecule has 1 saturated carbocycles. The Morgan fingerprint density at radius 3 is 2.79 bits per heavy atom. The van der Waals surface area contributed by atoms with Crippen molar-refractivity contribution in [3.05, 3.63) is 47.4 Å². The molecule has 0 spiro atoms. The third-order valence-corrected chi connectivity index (χ3v) is 4.78. The maximum atomic E-state index is 13.0. The van der Waals surface area contributed by atoms with Gasteiger partial charge >= 0.3 is 0 Å². The van der Waals surface area contributed by atoms with Gasteiger partial charge in [0.1, 0.15) is 5.82 Å². The fourth-order valence-electron chi connectivity index (χ4n) is 3.29. The lowest BCUT2D eigenvalue weighted by atomic mass is 9.90. The van der Waals surface area contributed by atoms with Crippen LogP contribution >= 0.6 is 0 Å². The highest BCUT2D eigenvalue weighted by Crippen LogP contribution is 2.38. The summed E-state index contributed by atoms with van der Waals surface area (Å²) >= 11 is 0. The first-order valence-corrected chi connectivity index (χ1v) is 8.53. The summed E-state index contributed by atoms with van der Waals surface area (Å²) in [5.41, 5.74) is 0.582. The average molecular weight is 329 g/mol. The van der Waals surface area contributed by atoms with Crippen molar-refractivity contribution in [1.29, 1.82) is 0 Å². The van der Waals surface area contributed by atoms with E-state index in [9.17, 15) is 9.18 Å². The van der Waals surface area contributed by atoms with Crippen molar-refractivity contribution in [3.63, 3.8) is 0 Å². The SMILES string of the molecule is O=C(c1ccc(F)cc1)[C@H]1CCCN(Cc2noc(C3CC3)n2)C1. The number of Topliss-reactive ketones (excluding diaryl/α,β-unsaturated/α-hetero) is 1. The molecule has 5 nitrogen and oxygen atoms in total. The molecule has 0 N–H and O–H groups in total. The van der Waals surface area contributed by atoms with Crippen molar-refractivity contribution in [3.8, 4) is 0 Å². The molecule has 2 fully saturated rings. The van der Waals surface area contributed by atoms with Crippen LogP contribution in [0.4, 0.5) is 4.39 Å². The molecule has 24 heavy (non-hydrogen) atoms. The first-order valence-electron chi connectivity index (χ1n) is 8.53. The fraction of sp³-hybridized carbons (Fsp3) is 0.500. The van der Waals surface area contributed by atoms with Crippen molar-refractivity contribution >= 4 is 5.78 Å². The summed E-state index contributed by atoms with van der Waals surface area (Å²) in [5.74, 6) is 1.62. The van der Waals surface area contributed by atoms with Gasteiger partial charge in [-0.25, -0.2) is 4.39 Å². The highest BCUT2D eigenvalue weighted by Gasteiger charge is 2.31. The van der Waals surface area contributed by atoms with Gasteiger partial charge in [0.05, 0.1) is 6.54 Å². The lowest BCUT2D eigenvalue weighted by Crippen LogP contribution is -2.38. The number of ketones is 1. The Balaban J connectivity index is 1.39. The van der Waals surface area contributed by atoms with Crippen LogP contribution in [0.25, 0.3) is 0 Å². The first kappa shape index (κ1) is 15.4. The Morgan fingerprint density at radius 1 is 1.25 bits per heavy atom. The van der Waals surface area contributed by atoms with Crippen LogP contribution in [0, 0.1) is 11.7 Å². The number of likely N-dealkylation sites (tertiary alicyclic amines) is 1. The van der Waals surface area contributed by atoms with Crippen LogP contribution < -0.4 is 0 Å². The molecule has 1 aromatic carbocycles. The number of hydrogen-bond acceptors (Lipinski definition) is 5. The van der Waals surface area contributed by atoms with E-state index < -0.39 is 0 Å². The lowest BCUT2D eigenvalue weighted by Gasteiger charge is -2.31. The van der Waals surface area contributed by atoms with E-state index in [-0.39, 0.29) is 17.5 Å². The van der Waals surface area contributed by atoms with E-state index in [1.165, 1.54) is 12.1 Å². The van der Waals surface area contributed by atoms with Gasteiger partial charge in [-0.05, 0) is 56.5 Å². The van der Waals surface area contributed by atoms with E-state index in [1.807, 2.05) is 0 Å². The molecular weight excluding hydrogens is 309 g/mol. The van der Waals surface area contributed by atoms with Gasteiger partial charge in [-0.15, -0.1) is 0 Å². The maximum Gasteiger partial charge on any atom is 0.229 e. The van der Waals surface area contributed by atoms with Gasteiger partial charge in [-0.2, -0.15) is 4.98 Å². The van der Waals surface area contributed by atoms with Gasteiger partial charge in [-0.3, -0.25) is 9.69 Å². The maximum absolute atomic E-state index is 13.0. The zero-order valence-electron chi connectivity index (χ0n) is 13.4. The third kappa shape index (κ3) is 3.38. The van der Waals surface area contributed by atoms with Crippen LogP contribution in [0.5, 0.6) is 0 Å². The second kappa shape index (κ2) is 6.43. The van der Waals surface area contributed by atoms with E-state index in [1.54, 1.807) is 12.1 Å². The number of rotatable bonds is 5. The van der Waals surface area contributed by atoms with Crippen molar-refractivity contribution in [2.45, 2.75) is 38.1 Å². The van der Waals surface area contributed by atoms with Crippen molar-refractivity contribution in [2.24, 2.45) is 5.92 Å². The summed E-state index contributed by atoms with van der Waals surface area (Å²) in [7, 11) is 0. The number of halogens is 1. The summed E-state index contributed by atoms with van der Waals surface area (Å²) < 4.78 is 18.3. The molecule has 4 rings (SSSR count). The molecule has 2 aromatic rings. The van der Waals surface area contributed by atoms with E-state index in [0.29, 0.717) is 30.4 Å². The minimum Gasteiger partial charge on any atom is -0.339 e. The summed E-state index contributed by atoms with van der Waals surface area (Å²) in [6, 6.07) is 5.81. The van der Waals surface area contributed by atoms with E-state index in [2.05, 4.69) is 15.0 Å². The van der Waals surface area contributed by atoms with Crippen LogP contribution in [0.3, 0.4) is 0 Å². The van der Waals surface area contributed by atoms with Gasteiger partial charge in [0, 0.05) is 23.9 Å². The zero-order valence-corrected chi connectivity index (χ0v) is 13.4. The molecule has 2 aliphatic rings. The monoisotopic (exact) mass is 329 g/mol. The number of nitrogens with zero attached hydrogens (tertiary/aromatic N) is 3. The number of carbonyl (C=O) groups excluding carboxylic acids is 1. The van der Waals surface area contributed by atoms with Gasteiger partial charge in [0.25, 0.3) is 0 Å². The summed E-state index contributed by atoms with van der Waals surface area (Å²) in [6.07, 6.45) is 4.11. The molecule has 1 saturated heterocycles.